The van der Waals surface area contributed by atoms with Crippen LogP contribution in [0.2, 0.25) is 0 Å². The Bertz CT molecular complexity index is 958. The van der Waals surface area contributed by atoms with Gasteiger partial charge < -0.3 is 14.2 Å². The Morgan fingerprint density at radius 3 is 2.69 bits per heavy atom. The molecule has 5 fully saturated rings. The van der Waals surface area contributed by atoms with Gasteiger partial charge in [0.15, 0.2) is 12.1 Å². The standard InChI is InChI=1S/C25H31Cl2NO4/c1-4-20-31-19-10-17-16-6-5-14-9-15(29)7-8-21(14,2)24(16,27)18(26)11-22(17,3)25(19,32-20)23(12-28)13-30-23/h9,16-20H,4-8,10-11,13H2,1-3H3/t16-,17-,18-,19+,20?,21-,22-,23?,24-,25+/m0/s1. The zero-order valence-corrected chi connectivity index (χ0v) is 20.5. The van der Waals surface area contributed by atoms with Crippen LogP contribution in [0.15, 0.2) is 11.6 Å². The molecule has 10 atom stereocenters. The van der Waals surface area contributed by atoms with Crippen molar-refractivity contribution in [2.45, 2.75) is 99.6 Å². The molecule has 6 rings (SSSR count). The van der Waals surface area contributed by atoms with Gasteiger partial charge >= 0.3 is 0 Å². The highest BCUT2D eigenvalue weighted by atomic mass is 35.5. The largest absolute Gasteiger partial charge is 0.351 e. The van der Waals surface area contributed by atoms with Gasteiger partial charge in [-0.3, -0.25) is 4.79 Å². The highest BCUT2D eigenvalue weighted by Crippen LogP contribution is 2.76. The molecule has 0 bridgehead atoms. The fraction of sp³-hybridized carbons (Fsp3) is 0.840. The number of alkyl halides is 2. The second-order valence-corrected chi connectivity index (χ2v) is 12.5. The van der Waals surface area contributed by atoms with E-state index in [1.54, 1.807) is 0 Å². The van der Waals surface area contributed by atoms with E-state index in [0.29, 0.717) is 19.4 Å². The Morgan fingerprint density at radius 2 is 2.03 bits per heavy atom. The van der Waals surface area contributed by atoms with Crippen LogP contribution in [0.5, 0.6) is 0 Å². The molecule has 0 aromatic rings. The number of carbonyl (C=O) groups is 1. The van der Waals surface area contributed by atoms with Gasteiger partial charge in [-0.05, 0) is 56.4 Å². The molecule has 2 heterocycles. The average molecular weight is 480 g/mol. The summed E-state index contributed by atoms with van der Waals surface area (Å²) in [6, 6.07) is 2.46. The molecule has 2 unspecified atom stereocenters. The molecule has 174 valence electrons. The van der Waals surface area contributed by atoms with Crippen LogP contribution in [-0.4, -0.2) is 46.2 Å². The van der Waals surface area contributed by atoms with Crippen LogP contribution in [-0.2, 0) is 19.0 Å². The van der Waals surface area contributed by atoms with Gasteiger partial charge in [-0.25, -0.2) is 0 Å². The van der Waals surface area contributed by atoms with Crippen molar-refractivity contribution in [3.8, 4) is 6.07 Å². The summed E-state index contributed by atoms with van der Waals surface area (Å²) in [4.78, 5) is 11.6. The molecule has 7 heteroatoms. The van der Waals surface area contributed by atoms with E-state index in [1.165, 1.54) is 5.57 Å². The van der Waals surface area contributed by atoms with Crippen molar-refractivity contribution in [1.29, 1.82) is 5.26 Å². The number of halogens is 2. The summed E-state index contributed by atoms with van der Waals surface area (Å²) in [6.45, 7) is 6.87. The van der Waals surface area contributed by atoms with Crippen molar-refractivity contribution < 1.29 is 19.0 Å². The number of allylic oxidation sites excluding steroid dienone is 1. The number of ketones is 1. The van der Waals surface area contributed by atoms with Gasteiger partial charge in [-0.2, -0.15) is 5.26 Å². The van der Waals surface area contributed by atoms with Gasteiger partial charge in [0.2, 0.25) is 5.60 Å². The number of rotatable bonds is 2. The molecular formula is C25H31Cl2NO4. The Labute approximate surface area is 199 Å². The lowest BCUT2D eigenvalue weighted by atomic mass is 9.45. The quantitative estimate of drug-likeness (QED) is 0.416. The number of fused-ring (bicyclic) bond motifs is 7. The van der Waals surface area contributed by atoms with Crippen LogP contribution in [0.25, 0.3) is 0 Å². The molecule has 4 aliphatic carbocycles. The predicted molar refractivity (Wildman–Crippen MR) is 119 cm³/mol. The Kier molecular flexibility index (Phi) is 4.45. The minimum absolute atomic E-state index is 0.157. The number of carbonyl (C=O) groups excluding carboxylic acids is 1. The molecular weight excluding hydrogens is 449 g/mol. The van der Waals surface area contributed by atoms with Crippen LogP contribution in [0.4, 0.5) is 0 Å². The van der Waals surface area contributed by atoms with E-state index in [1.807, 2.05) is 13.0 Å². The predicted octanol–water partition coefficient (Wildman–Crippen LogP) is 4.89. The van der Waals surface area contributed by atoms with E-state index in [9.17, 15) is 10.1 Å². The second-order valence-electron chi connectivity index (χ2n) is 11.4. The molecule has 5 nitrogen and oxygen atoms in total. The maximum Gasteiger partial charge on any atom is 0.209 e. The second kappa shape index (κ2) is 6.52. The van der Waals surface area contributed by atoms with E-state index < -0.39 is 16.1 Å². The van der Waals surface area contributed by atoms with Gasteiger partial charge in [0, 0.05) is 17.3 Å². The summed E-state index contributed by atoms with van der Waals surface area (Å²) in [5.74, 6) is 0.569. The van der Waals surface area contributed by atoms with E-state index in [4.69, 9.17) is 37.4 Å². The van der Waals surface area contributed by atoms with Crippen LogP contribution < -0.4 is 0 Å². The number of epoxide rings is 1. The molecule has 0 spiro atoms. The molecule has 0 aromatic carbocycles. The van der Waals surface area contributed by atoms with Gasteiger partial charge in [0.05, 0.1) is 23.0 Å². The van der Waals surface area contributed by atoms with Gasteiger partial charge in [0.25, 0.3) is 0 Å². The maximum atomic E-state index is 12.2. The van der Waals surface area contributed by atoms with E-state index in [-0.39, 0.29) is 46.2 Å². The van der Waals surface area contributed by atoms with Crippen molar-refractivity contribution in [3.63, 3.8) is 0 Å². The van der Waals surface area contributed by atoms with Crippen LogP contribution in [0, 0.1) is 34.0 Å². The number of nitriles is 1. The SMILES string of the molecule is CCC1O[C@@H]2C[C@H]3[C@@H]4CCC5=CC(=O)CC[C@]5(C)[C@@]4(Cl)[C@@H](Cl)C[C@]3(C)[C@]2(C2(C#N)CO2)O1. The monoisotopic (exact) mass is 479 g/mol. The Balaban J connectivity index is 1.47. The molecule has 0 amide bonds. The topological polar surface area (TPSA) is 71.9 Å². The first-order valence-corrected chi connectivity index (χ1v) is 12.9. The van der Waals surface area contributed by atoms with E-state index in [2.05, 4.69) is 19.9 Å². The van der Waals surface area contributed by atoms with Gasteiger partial charge in [0.1, 0.15) is 11.7 Å². The van der Waals surface area contributed by atoms with Crippen molar-refractivity contribution in [2.24, 2.45) is 22.7 Å². The van der Waals surface area contributed by atoms with Gasteiger partial charge in [-0.1, -0.05) is 26.3 Å². The summed E-state index contributed by atoms with van der Waals surface area (Å²) in [5.41, 5.74) is -1.33. The Hall–Kier alpha value is -0.640. The molecule has 6 aliphatic rings. The molecule has 32 heavy (non-hydrogen) atoms. The van der Waals surface area contributed by atoms with Crippen LogP contribution in [0.3, 0.4) is 0 Å². The number of nitrogens with zero attached hydrogens (tertiary/aromatic N) is 1. The van der Waals surface area contributed by atoms with E-state index in [0.717, 1.165) is 32.1 Å². The first kappa shape index (κ1) is 21.9. The van der Waals surface area contributed by atoms with Crippen molar-refractivity contribution in [2.75, 3.05) is 6.61 Å². The van der Waals surface area contributed by atoms with Crippen molar-refractivity contribution in [3.05, 3.63) is 11.6 Å². The third kappa shape index (κ3) is 2.21. The molecule has 2 aliphatic heterocycles. The van der Waals surface area contributed by atoms with E-state index >= 15 is 0 Å². The number of hydrogen-bond donors (Lipinski definition) is 0. The highest BCUT2D eigenvalue weighted by molar-refractivity contribution is 6.33. The lowest BCUT2D eigenvalue weighted by molar-refractivity contribution is -0.188. The third-order valence-electron chi connectivity index (χ3n) is 10.3. The molecule has 0 radical (unpaired) electrons. The third-order valence-corrected chi connectivity index (χ3v) is 11.9. The molecule has 3 saturated carbocycles. The highest BCUT2D eigenvalue weighted by Gasteiger charge is 2.84. The van der Waals surface area contributed by atoms with Crippen molar-refractivity contribution >= 4 is 29.0 Å². The average Bonchev–Trinajstić information content (AvgIpc) is 3.41. The fourth-order valence-electron chi connectivity index (χ4n) is 8.69. The summed E-state index contributed by atoms with van der Waals surface area (Å²) in [5, 5.41) is 9.87. The smallest absolute Gasteiger partial charge is 0.209 e. The number of ether oxygens (including phenoxy) is 3. The minimum atomic E-state index is -0.977. The molecule has 2 saturated heterocycles. The normalized spacial score (nSPS) is 58.2. The zero-order chi connectivity index (χ0) is 22.7. The summed E-state index contributed by atoms with van der Waals surface area (Å²) in [6.07, 6.45) is 6.51. The lowest BCUT2D eigenvalue weighted by Crippen LogP contribution is -2.69. The zero-order valence-electron chi connectivity index (χ0n) is 19.0. The van der Waals surface area contributed by atoms with Crippen LogP contribution in [0.1, 0.15) is 65.7 Å². The Morgan fingerprint density at radius 1 is 1.28 bits per heavy atom. The molecule has 0 N–H and O–H groups in total. The van der Waals surface area contributed by atoms with Gasteiger partial charge in [-0.15, -0.1) is 23.2 Å². The number of hydrogen-bond acceptors (Lipinski definition) is 5. The summed E-state index contributed by atoms with van der Waals surface area (Å²) < 4.78 is 19.0. The van der Waals surface area contributed by atoms with Crippen molar-refractivity contribution in [1.82, 2.24) is 0 Å². The van der Waals surface area contributed by atoms with Crippen LogP contribution >= 0.6 is 23.2 Å². The summed E-state index contributed by atoms with van der Waals surface area (Å²) >= 11 is 15.0. The lowest BCUT2D eigenvalue weighted by Gasteiger charge is -2.65. The first-order valence-electron chi connectivity index (χ1n) is 12.1. The first-order chi connectivity index (χ1) is 15.1. The molecule has 0 aromatic heterocycles. The fourth-order valence-corrected chi connectivity index (χ4v) is 9.97. The summed E-state index contributed by atoms with van der Waals surface area (Å²) in [7, 11) is 0. The minimum Gasteiger partial charge on any atom is -0.351 e. The maximum absolute atomic E-state index is 12.2.